The summed E-state index contributed by atoms with van der Waals surface area (Å²) in [4.78, 5) is 0. The average Bonchev–Trinajstić information content (AvgIpc) is 2.61. The molecule has 1 aromatic carbocycles. The molecule has 1 heterocycles. The van der Waals surface area contributed by atoms with E-state index in [1.807, 2.05) is 52.8 Å². The Bertz CT molecular complexity index is 520. The van der Waals surface area contributed by atoms with Gasteiger partial charge >= 0.3 is 7.12 Å². The third-order valence-electron chi connectivity index (χ3n) is 4.47. The van der Waals surface area contributed by atoms with Gasteiger partial charge in [-0.15, -0.1) is 0 Å². The standard InChI is InChI=1S/C16H25BClNO3/c1-11-10-12(18)6-7-13(11)20-9-8-14(19)17-21-15(2,3)16(4,5)22-17/h6-7,10,14H,8-9,19H2,1-5H3/t14-/m1/s1. The smallest absolute Gasteiger partial charge is 0.475 e. The fourth-order valence-corrected chi connectivity index (χ4v) is 2.51. The van der Waals surface area contributed by atoms with E-state index in [1.54, 1.807) is 0 Å². The van der Waals surface area contributed by atoms with Gasteiger partial charge in [0.15, 0.2) is 0 Å². The molecule has 1 fully saturated rings. The van der Waals surface area contributed by atoms with E-state index in [0.717, 1.165) is 11.3 Å². The Hall–Kier alpha value is -0.745. The van der Waals surface area contributed by atoms with Crippen LogP contribution in [0.4, 0.5) is 0 Å². The average molecular weight is 326 g/mol. The molecule has 2 N–H and O–H groups in total. The molecule has 122 valence electrons. The fourth-order valence-electron chi connectivity index (χ4n) is 2.28. The van der Waals surface area contributed by atoms with Crippen LogP contribution in [0.5, 0.6) is 5.75 Å². The van der Waals surface area contributed by atoms with Gasteiger partial charge in [0.2, 0.25) is 0 Å². The van der Waals surface area contributed by atoms with Gasteiger partial charge in [-0.05, 0) is 64.8 Å². The highest BCUT2D eigenvalue weighted by Gasteiger charge is 2.52. The summed E-state index contributed by atoms with van der Waals surface area (Å²) in [5.74, 6) is 0.596. The maximum atomic E-state index is 6.20. The van der Waals surface area contributed by atoms with Crippen LogP contribution in [0, 0.1) is 6.92 Å². The molecule has 0 spiro atoms. The molecular weight excluding hydrogens is 300 g/mol. The minimum Gasteiger partial charge on any atom is -0.493 e. The molecule has 22 heavy (non-hydrogen) atoms. The summed E-state index contributed by atoms with van der Waals surface area (Å²) >= 11 is 5.93. The molecule has 2 rings (SSSR count). The Balaban J connectivity index is 1.85. The maximum Gasteiger partial charge on any atom is 0.475 e. The molecule has 0 aromatic heterocycles. The lowest BCUT2D eigenvalue weighted by Gasteiger charge is -2.32. The summed E-state index contributed by atoms with van der Waals surface area (Å²) < 4.78 is 17.7. The quantitative estimate of drug-likeness (QED) is 0.843. The second-order valence-corrected chi connectivity index (χ2v) is 7.27. The highest BCUT2D eigenvalue weighted by molar-refractivity contribution is 6.47. The van der Waals surface area contributed by atoms with Crippen molar-refractivity contribution in [3.05, 3.63) is 28.8 Å². The van der Waals surface area contributed by atoms with E-state index in [4.69, 9.17) is 31.4 Å². The van der Waals surface area contributed by atoms with E-state index < -0.39 is 7.12 Å². The van der Waals surface area contributed by atoms with E-state index >= 15 is 0 Å². The SMILES string of the molecule is Cc1cc(Cl)ccc1OCC[C@@H](N)B1OC(C)(C)C(C)(C)O1. The van der Waals surface area contributed by atoms with Gasteiger partial charge < -0.3 is 19.8 Å². The van der Waals surface area contributed by atoms with Crippen LogP contribution in [0.1, 0.15) is 39.7 Å². The van der Waals surface area contributed by atoms with Gasteiger partial charge in [-0.2, -0.15) is 0 Å². The van der Waals surface area contributed by atoms with Crippen LogP contribution in [0.25, 0.3) is 0 Å². The Morgan fingerprint density at radius 2 is 1.82 bits per heavy atom. The summed E-state index contributed by atoms with van der Waals surface area (Å²) in [6.45, 7) is 10.6. The van der Waals surface area contributed by atoms with Gasteiger partial charge in [-0.1, -0.05) is 11.6 Å². The van der Waals surface area contributed by atoms with E-state index in [0.29, 0.717) is 18.1 Å². The number of rotatable bonds is 5. The predicted molar refractivity (Wildman–Crippen MR) is 90.4 cm³/mol. The summed E-state index contributed by atoms with van der Waals surface area (Å²) in [6, 6.07) is 5.57. The molecule has 4 nitrogen and oxygen atoms in total. The molecule has 0 radical (unpaired) electrons. The van der Waals surface area contributed by atoms with Crippen LogP contribution in [-0.4, -0.2) is 30.9 Å². The Morgan fingerprint density at radius 1 is 1.23 bits per heavy atom. The number of aryl methyl sites for hydroxylation is 1. The third-order valence-corrected chi connectivity index (χ3v) is 4.70. The zero-order valence-electron chi connectivity index (χ0n) is 14.0. The van der Waals surface area contributed by atoms with Crippen molar-refractivity contribution in [2.45, 2.75) is 58.2 Å². The summed E-state index contributed by atoms with van der Waals surface area (Å²) in [5.41, 5.74) is 6.49. The molecule has 1 aliphatic heterocycles. The van der Waals surface area contributed by atoms with Crippen molar-refractivity contribution in [1.29, 1.82) is 0 Å². The van der Waals surface area contributed by atoms with Gasteiger partial charge in [0.05, 0.1) is 17.8 Å². The van der Waals surface area contributed by atoms with Crippen molar-refractivity contribution in [3.8, 4) is 5.75 Å². The van der Waals surface area contributed by atoms with E-state index in [2.05, 4.69) is 0 Å². The maximum absolute atomic E-state index is 6.20. The molecule has 1 aliphatic rings. The lowest BCUT2D eigenvalue weighted by molar-refractivity contribution is 0.00578. The zero-order valence-corrected chi connectivity index (χ0v) is 14.7. The highest BCUT2D eigenvalue weighted by Crippen LogP contribution is 2.37. The lowest BCUT2D eigenvalue weighted by Crippen LogP contribution is -2.42. The van der Waals surface area contributed by atoms with E-state index in [-0.39, 0.29) is 17.1 Å². The van der Waals surface area contributed by atoms with E-state index in [1.165, 1.54) is 0 Å². The molecule has 0 unspecified atom stereocenters. The molecular formula is C16H25BClNO3. The third kappa shape index (κ3) is 3.77. The summed E-state index contributed by atoms with van der Waals surface area (Å²) in [7, 11) is -0.403. The number of hydrogen-bond acceptors (Lipinski definition) is 4. The van der Waals surface area contributed by atoms with Gasteiger partial charge in [-0.3, -0.25) is 0 Å². The minimum absolute atomic E-state index is 0.228. The highest BCUT2D eigenvalue weighted by atomic mass is 35.5. The zero-order chi connectivity index (χ0) is 16.5. The van der Waals surface area contributed by atoms with Gasteiger partial charge in [0.25, 0.3) is 0 Å². The Kier molecular flexibility index (Phi) is 5.12. The van der Waals surface area contributed by atoms with Crippen LogP contribution in [0.15, 0.2) is 18.2 Å². The fraction of sp³-hybridized carbons (Fsp3) is 0.625. The van der Waals surface area contributed by atoms with Crippen molar-refractivity contribution in [2.24, 2.45) is 5.73 Å². The van der Waals surface area contributed by atoms with Crippen LogP contribution in [0.2, 0.25) is 5.02 Å². The van der Waals surface area contributed by atoms with Crippen molar-refractivity contribution in [2.75, 3.05) is 6.61 Å². The molecule has 1 atom stereocenters. The molecule has 6 heteroatoms. The summed E-state index contributed by atoms with van der Waals surface area (Å²) in [5, 5.41) is 0.707. The number of hydrogen-bond donors (Lipinski definition) is 1. The molecule has 0 aliphatic carbocycles. The first-order chi connectivity index (χ1) is 10.1. The van der Waals surface area contributed by atoms with Gasteiger partial charge in [-0.25, -0.2) is 0 Å². The van der Waals surface area contributed by atoms with Crippen molar-refractivity contribution in [3.63, 3.8) is 0 Å². The molecule has 0 bridgehead atoms. The Morgan fingerprint density at radius 3 is 2.36 bits per heavy atom. The second kappa shape index (κ2) is 6.40. The van der Waals surface area contributed by atoms with Crippen molar-refractivity contribution < 1.29 is 14.0 Å². The first-order valence-electron chi connectivity index (χ1n) is 7.62. The number of nitrogens with two attached hydrogens (primary N) is 1. The predicted octanol–water partition coefficient (Wildman–Crippen LogP) is 3.38. The molecule has 1 aromatic rings. The van der Waals surface area contributed by atoms with Crippen LogP contribution < -0.4 is 10.5 Å². The van der Waals surface area contributed by atoms with Crippen LogP contribution in [-0.2, 0) is 9.31 Å². The first kappa shape index (κ1) is 17.6. The van der Waals surface area contributed by atoms with E-state index in [9.17, 15) is 0 Å². The number of halogens is 1. The topological polar surface area (TPSA) is 53.7 Å². The van der Waals surface area contributed by atoms with Crippen LogP contribution in [0.3, 0.4) is 0 Å². The molecule has 0 saturated carbocycles. The largest absolute Gasteiger partial charge is 0.493 e. The first-order valence-corrected chi connectivity index (χ1v) is 8.00. The van der Waals surface area contributed by atoms with Crippen molar-refractivity contribution in [1.82, 2.24) is 0 Å². The monoisotopic (exact) mass is 325 g/mol. The molecule has 1 saturated heterocycles. The number of ether oxygens (including phenoxy) is 1. The van der Waals surface area contributed by atoms with Gasteiger partial charge in [0, 0.05) is 11.0 Å². The van der Waals surface area contributed by atoms with Crippen molar-refractivity contribution >= 4 is 18.7 Å². The lowest BCUT2D eigenvalue weighted by atomic mass is 9.77. The van der Waals surface area contributed by atoms with Crippen LogP contribution >= 0.6 is 11.6 Å². The Labute approximate surface area is 138 Å². The minimum atomic E-state index is -0.403. The summed E-state index contributed by atoms with van der Waals surface area (Å²) in [6.07, 6.45) is 0.652. The normalized spacial score (nSPS) is 21.0. The van der Waals surface area contributed by atoms with Gasteiger partial charge in [0.1, 0.15) is 5.75 Å². The second-order valence-electron chi connectivity index (χ2n) is 6.84. The molecule has 0 amide bonds. The number of benzene rings is 1.